The van der Waals surface area contributed by atoms with Crippen molar-refractivity contribution in [2.24, 2.45) is 0 Å². The maximum atomic E-state index is 9.82. The van der Waals surface area contributed by atoms with Crippen molar-refractivity contribution in [1.29, 1.82) is 10.5 Å². The van der Waals surface area contributed by atoms with Crippen LogP contribution in [0.3, 0.4) is 0 Å². The summed E-state index contributed by atoms with van der Waals surface area (Å²) in [6.45, 7) is 0. The van der Waals surface area contributed by atoms with Gasteiger partial charge in [-0.1, -0.05) is 24.4 Å². The number of anilines is 3. The van der Waals surface area contributed by atoms with E-state index in [-0.39, 0.29) is 5.57 Å². The summed E-state index contributed by atoms with van der Waals surface area (Å²) in [4.78, 5) is 8.72. The number of nitriles is 2. The van der Waals surface area contributed by atoms with Gasteiger partial charge in [0, 0.05) is 53.3 Å². The standard InChI is InChI=1S/C39H25N3O2S5/c1-43-28-11-7-26(8-12-28)42(27-9-13-29(44-2)14-10-27)25-5-3-23(4-6-25)33-16-17-34(48-33)35-20-32-37(24(21-40)22-41)31-19-30(15-18-36(45)46)47-38(31)39(32)49-35/h3-20H,1-2H3,(H,45,46)/b18-15+. The van der Waals surface area contributed by atoms with Crippen LogP contribution >= 0.6 is 58.9 Å². The van der Waals surface area contributed by atoms with Crippen molar-refractivity contribution in [3.05, 3.63) is 125 Å². The topological polar surface area (TPSA) is 69.3 Å². The van der Waals surface area contributed by atoms with E-state index < -0.39 is 0 Å². The lowest BCUT2D eigenvalue weighted by atomic mass is 10.0. The summed E-state index contributed by atoms with van der Waals surface area (Å²) < 4.78 is 11.3. The molecular formula is C39H25N3O2S5. The summed E-state index contributed by atoms with van der Waals surface area (Å²) in [5, 5.41) is 19.6. The Labute approximate surface area is 307 Å². The summed E-state index contributed by atoms with van der Waals surface area (Å²) in [7, 11) is 3.33. The van der Waals surface area contributed by atoms with Gasteiger partial charge in [0.05, 0.1) is 28.2 Å². The van der Waals surface area contributed by atoms with Crippen molar-refractivity contribution in [3.8, 4) is 53.6 Å². The molecule has 0 amide bonds. The number of rotatable bonds is 9. The smallest absolute Gasteiger partial charge is 0.138 e. The summed E-state index contributed by atoms with van der Waals surface area (Å²) in [6, 6.07) is 37.3. The molecule has 0 aliphatic heterocycles. The number of thiocarbonyl (C=S) groups is 1. The molecule has 3 aromatic carbocycles. The third-order valence-electron chi connectivity index (χ3n) is 8.01. The van der Waals surface area contributed by atoms with E-state index >= 15 is 0 Å². The van der Waals surface area contributed by atoms with Crippen molar-refractivity contribution in [2.75, 3.05) is 19.1 Å². The molecule has 3 heterocycles. The number of hydrogen-bond donors (Lipinski definition) is 1. The van der Waals surface area contributed by atoms with Crippen LogP contribution in [0.1, 0.15) is 16.0 Å². The van der Waals surface area contributed by atoms with Gasteiger partial charge in [-0.05, 0) is 103 Å². The van der Waals surface area contributed by atoms with E-state index in [0.717, 1.165) is 74.5 Å². The highest BCUT2D eigenvalue weighted by atomic mass is 32.1. The molecule has 0 N–H and O–H groups in total. The van der Waals surface area contributed by atoms with Crippen LogP contribution in [0.15, 0.2) is 109 Å². The maximum Gasteiger partial charge on any atom is 0.138 e. The van der Waals surface area contributed by atoms with E-state index in [1.807, 2.05) is 60.7 Å². The zero-order valence-corrected chi connectivity index (χ0v) is 30.3. The normalized spacial score (nSPS) is 11.5. The van der Waals surface area contributed by atoms with Crippen molar-refractivity contribution in [1.82, 2.24) is 0 Å². The van der Waals surface area contributed by atoms with Gasteiger partial charge in [-0.2, -0.15) is 10.5 Å². The van der Waals surface area contributed by atoms with E-state index in [1.165, 1.54) is 0 Å². The first-order valence-electron chi connectivity index (χ1n) is 14.9. The first-order valence-corrected chi connectivity index (χ1v) is 18.2. The molecule has 6 aromatic rings. The summed E-state index contributed by atoms with van der Waals surface area (Å²) in [6.07, 6.45) is 3.70. The van der Waals surface area contributed by atoms with E-state index in [0.29, 0.717) is 9.77 Å². The fraction of sp³-hybridized carbons (Fsp3) is 0.0513. The average molecular weight is 728 g/mol. The second kappa shape index (κ2) is 13.9. The molecule has 0 saturated heterocycles. The Bertz CT molecular complexity index is 2280. The monoisotopic (exact) mass is 727 g/mol. The lowest BCUT2D eigenvalue weighted by Gasteiger charge is -2.26. The summed E-state index contributed by atoms with van der Waals surface area (Å²) in [5.41, 5.74) is 6.84. The molecule has 1 aliphatic rings. The second-order valence-corrected chi connectivity index (χ2v) is 15.3. The Hall–Kier alpha value is -4.94. The van der Waals surface area contributed by atoms with Crippen LogP contribution < -0.4 is 14.4 Å². The van der Waals surface area contributed by atoms with Crippen molar-refractivity contribution < 1.29 is 9.47 Å². The Morgan fingerprint density at radius 2 is 1.22 bits per heavy atom. The van der Waals surface area contributed by atoms with Gasteiger partial charge < -0.3 is 14.4 Å². The molecule has 0 saturated carbocycles. The van der Waals surface area contributed by atoms with Gasteiger partial charge in [-0.25, -0.2) is 0 Å². The van der Waals surface area contributed by atoms with Crippen molar-refractivity contribution in [3.63, 3.8) is 0 Å². The van der Waals surface area contributed by atoms with Crippen LogP contribution in [0, 0.1) is 22.7 Å². The largest absolute Gasteiger partial charge is 0.497 e. The minimum Gasteiger partial charge on any atom is -0.497 e. The van der Waals surface area contributed by atoms with Crippen LogP contribution in [0.25, 0.3) is 41.6 Å². The summed E-state index contributed by atoms with van der Waals surface area (Å²) >= 11 is 14.3. The number of thiophene rings is 3. The van der Waals surface area contributed by atoms with Crippen LogP contribution in [-0.2, 0) is 0 Å². The van der Waals surface area contributed by atoms with Crippen molar-refractivity contribution >= 4 is 91.8 Å². The number of benzene rings is 3. The fourth-order valence-corrected chi connectivity index (χ4v) is 9.35. The SMILES string of the molecule is COc1ccc(N(c2ccc(OC)cc2)c2ccc(-c3ccc(-c4cc5c(s4)-c4sc(/C=C/C(=S)S)cc4C5=C(C#N)C#N)s3)cc2)cc1. The number of allylic oxidation sites excluding steroid dienone is 1. The molecule has 0 fully saturated rings. The molecule has 0 spiro atoms. The highest BCUT2D eigenvalue weighted by Gasteiger charge is 2.32. The quantitative estimate of drug-likeness (QED) is 0.0691. The lowest BCUT2D eigenvalue weighted by Crippen LogP contribution is -2.09. The average Bonchev–Trinajstić information content (AvgIpc) is 3.92. The molecule has 0 radical (unpaired) electrons. The highest BCUT2D eigenvalue weighted by Crippen LogP contribution is 2.55. The Kier molecular flexibility index (Phi) is 9.24. The number of ether oxygens (including phenoxy) is 2. The molecule has 7 rings (SSSR count). The van der Waals surface area contributed by atoms with E-state index in [2.05, 4.69) is 72.1 Å². The molecular weight excluding hydrogens is 703 g/mol. The van der Waals surface area contributed by atoms with Gasteiger partial charge in [-0.3, -0.25) is 0 Å². The molecule has 49 heavy (non-hydrogen) atoms. The second-order valence-electron chi connectivity index (χ2n) is 10.8. The Morgan fingerprint density at radius 3 is 1.78 bits per heavy atom. The lowest BCUT2D eigenvalue weighted by molar-refractivity contribution is 0.415. The van der Waals surface area contributed by atoms with Crippen molar-refractivity contribution in [2.45, 2.75) is 0 Å². The predicted molar refractivity (Wildman–Crippen MR) is 212 cm³/mol. The van der Waals surface area contributed by atoms with Gasteiger partial charge in [0.25, 0.3) is 0 Å². The van der Waals surface area contributed by atoms with Gasteiger partial charge in [-0.15, -0.1) is 46.6 Å². The first-order chi connectivity index (χ1) is 23.9. The number of hydrogen-bond acceptors (Lipinski definition) is 9. The minimum atomic E-state index is 0.118. The van der Waals surface area contributed by atoms with Crippen LogP contribution in [0.4, 0.5) is 17.1 Å². The molecule has 1 aliphatic carbocycles. The fourth-order valence-electron chi connectivity index (χ4n) is 5.73. The zero-order valence-electron chi connectivity index (χ0n) is 26.1. The third kappa shape index (κ3) is 6.33. The number of methoxy groups -OCH3 is 2. The Morgan fingerprint density at radius 1 is 0.694 bits per heavy atom. The van der Waals surface area contributed by atoms with Gasteiger partial charge in [0.2, 0.25) is 0 Å². The predicted octanol–water partition coefficient (Wildman–Crippen LogP) is 11.8. The maximum absolute atomic E-state index is 9.82. The molecule has 0 unspecified atom stereocenters. The van der Waals surface area contributed by atoms with Gasteiger partial charge >= 0.3 is 0 Å². The van der Waals surface area contributed by atoms with Crippen LogP contribution in [-0.4, -0.2) is 18.4 Å². The molecule has 238 valence electrons. The van der Waals surface area contributed by atoms with E-state index in [9.17, 15) is 10.5 Å². The molecule has 0 atom stereocenters. The van der Waals surface area contributed by atoms with Crippen LogP contribution in [0.5, 0.6) is 11.5 Å². The Balaban J connectivity index is 1.21. The minimum absolute atomic E-state index is 0.118. The van der Waals surface area contributed by atoms with Gasteiger partial charge in [0.1, 0.15) is 29.2 Å². The number of fused-ring (bicyclic) bond motifs is 3. The summed E-state index contributed by atoms with van der Waals surface area (Å²) in [5.74, 6) is 1.60. The highest BCUT2D eigenvalue weighted by molar-refractivity contribution is 8.11. The zero-order chi connectivity index (χ0) is 34.1. The number of nitrogens with zero attached hydrogens (tertiary/aromatic N) is 3. The first kappa shape index (κ1) is 32.6. The molecule has 5 nitrogen and oxygen atoms in total. The molecule has 0 bridgehead atoms. The van der Waals surface area contributed by atoms with Crippen LogP contribution in [0.2, 0.25) is 0 Å². The van der Waals surface area contributed by atoms with E-state index in [4.69, 9.17) is 21.7 Å². The molecule has 3 aromatic heterocycles. The third-order valence-corrected chi connectivity index (χ3v) is 12.0. The number of thiol groups is 1. The van der Waals surface area contributed by atoms with E-state index in [1.54, 1.807) is 54.3 Å². The van der Waals surface area contributed by atoms with Gasteiger partial charge in [0.15, 0.2) is 0 Å². The molecule has 10 heteroatoms.